The molecular formula is C62H54O2. The molecule has 2 heterocycles. The standard InChI is InChI=1S/C62H54O2/c1-35(2)43-25-44(36(3)4)28-47(27-43)61-51-21-17-40(42-20-24-60-54(32-42)50-14-10-12-16-58(50)64-60)34-56(51)62(48-29-45(37(5)6)26-46(30-48)38(7)8)52-22-18-39(33-55(52)61)41-19-23-59-53(31-41)49-13-9-11-15-57(49)63-59/h9-38H,1-8H3. The van der Waals surface area contributed by atoms with Crippen molar-refractivity contribution in [3.63, 3.8) is 0 Å². The number of furan rings is 2. The zero-order chi connectivity index (χ0) is 44.0. The lowest BCUT2D eigenvalue weighted by molar-refractivity contribution is 0.668. The van der Waals surface area contributed by atoms with Crippen LogP contribution in [0.4, 0.5) is 0 Å². The molecule has 2 aromatic heterocycles. The lowest BCUT2D eigenvalue weighted by Crippen LogP contribution is -1.99. The maximum absolute atomic E-state index is 6.29. The first-order valence-electron chi connectivity index (χ1n) is 23.2. The summed E-state index contributed by atoms with van der Waals surface area (Å²) in [5.41, 5.74) is 18.9. The van der Waals surface area contributed by atoms with E-state index in [9.17, 15) is 0 Å². The summed E-state index contributed by atoms with van der Waals surface area (Å²) in [5, 5.41) is 9.59. The van der Waals surface area contributed by atoms with E-state index in [2.05, 4.69) is 201 Å². The number of fused-ring (bicyclic) bond motifs is 8. The van der Waals surface area contributed by atoms with Gasteiger partial charge in [-0.3, -0.25) is 0 Å². The molecule has 0 amide bonds. The molecule has 11 rings (SSSR count). The van der Waals surface area contributed by atoms with Gasteiger partial charge in [0.1, 0.15) is 22.3 Å². The minimum Gasteiger partial charge on any atom is -0.456 e. The molecule has 64 heavy (non-hydrogen) atoms. The van der Waals surface area contributed by atoms with Crippen LogP contribution in [-0.4, -0.2) is 0 Å². The van der Waals surface area contributed by atoms with Crippen LogP contribution in [-0.2, 0) is 0 Å². The van der Waals surface area contributed by atoms with E-state index in [1.807, 2.05) is 12.1 Å². The van der Waals surface area contributed by atoms with Crippen LogP contribution in [0.1, 0.15) is 101 Å². The molecule has 0 saturated carbocycles. The van der Waals surface area contributed by atoms with E-state index < -0.39 is 0 Å². The molecule has 0 bridgehead atoms. The van der Waals surface area contributed by atoms with Gasteiger partial charge < -0.3 is 8.83 Å². The Balaban J connectivity index is 1.26. The maximum atomic E-state index is 6.29. The van der Waals surface area contributed by atoms with Crippen molar-refractivity contribution in [2.75, 3.05) is 0 Å². The second-order valence-corrected chi connectivity index (χ2v) is 19.3. The molecule has 2 nitrogen and oxygen atoms in total. The first-order chi connectivity index (χ1) is 31.0. The van der Waals surface area contributed by atoms with Crippen molar-refractivity contribution in [1.82, 2.24) is 0 Å². The fourth-order valence-corrected chi connectivity index (χ4v) is 10.00. The summed E-state index contributed by atoms with van der Waals surface area (Å²) in [6.07, 6.45) is 0. The van der Waals surface area contributed by atoms with Crippen LogP contribution in [0.3, 0.4) is 0 Å². The Bertz CT molecular complexity index is 3330. The van der Waals surface area contributed by atoms with Gasteiger partial charge in [-0.15, -0.1) is 0 Å². The van der Waals surface area contributed by atoms with Gasteiger partial charge in [0.25, 0.3) is 0 Å². The van der Waals surface area contributed by atoms with E-state index in [1.165, 1.54) is 88.3 Å². The van der Waals surface area contributed by atoms with Crippen LogP contribution in [0.15, 0.2) is 167 Å². The first kappa shape index (κ1) is 39.9. The van der Waals surface area contributed by atoms with E-state index in [1.54, 1.807) is 0 Å². The van der Waals surface area contributed by atoms with Gasteiger partial charge >= 0.3 is 0 Å². The Morgan fingerprint density at radius 3 is 0.922 bits per heavy atom. The summed E-state index contributed by atoms with van der Waals surface area (Å²) in [4.78, 5) is 0. The maximum Gasteiger partial charge on any atom is 0.135 e. The molecule has 314 valence electrons. The predicted octanol–water partition coefficient (Wildman–Crippen LogP) is 19.0. The summed E-state index contributed by atoms with van der Waals surface area (Å²) in [7, 11) is 0. The highest BCUT2D eigenvalue weighted by Crippen LogP contribution is 2.48. The zero-order valence-electron chi connectivity index (χ0n) is 38.1. The fourth-order valence-electron chi connectivity index (χ4n) is 10.00. The second-order valence-electron chi connectivity index (χ2n) is 19.3. The Kier molecular flexibility index (Phi) is 9.62. The minimum atomic E-state index is 0.384. The number of hydrogen-bond acceptors (Lipinski definition) is 2. The molecule has 0 aliphatic rings. The van der Waals surface area contributed by atoms with Gasteiger partial charge in [-0.1, -0.05) is 165 Å². The second kappa shape index (κ2) is 15.4. The van der Waals surface area contributed by atoms with Gasteiger partial charge in [0, 0.05) is 21.5 Å². The molecule has 0 spiro atoms. The Morgan fingerprint density at radius 1 is 0.250 bits per heavy atom. The van der Waals surface area contributed by atoms with E-state index in [4.69, 9.17) is 8.83 Å². The minimum absolute atomic E-state index is 0.384. The summed E-state index contributed by atoms with van der Waals surface area (Å²) in [5.74, 6) is 1.54. The van der Waals surface area contributed by atoms with Crippen molar-refractivity contribution in [2.45, 2.75) is 79.1 Å². The predicted molar refractivity (Wildman–Crippen MR) is 274 cm³/mol. The summed E-state index contributed by atoms with van der Waals surface area (Å²) in [6.45, 7) is 18.5. The van der Waals surface area contributed by atoms with Crippen molar-refractivity contribution < 1.29 is 8.83 Å². The van der Waals surface area contributed by atoms with Crippen LogP contribution in [0.25, 0.3) is 110 Å². The van der Waals surface area contributed by atoms with Gasteiger partial charge in [0.15, 0.2) is 0 Å². The smallest absolute Gasteiger partial charge is 0.135 e. The van der Waals surface area contributed by atoms with Crippen molar-refractivity contribution >= 4 is 65.4 Å². The van der Waals surface area contributed by atoms with Crippen LogP contribution in [0, 0.1) is 0 Å². The molecule has 0 unspecified atom stereocenters. The van der Waals surface area contributed by atoms with Crippen molar-refractivity contribution in [3.8, 4) is 44.5 Å². The number of rotatable bonds is 8. The third kappa shape index (κ3) is 6.70. The van der Waals surface area contributed by atoms with Gasteiger partial charge in [-0.2, -0.15) is 0 Å². The average molecular weight is 831 g/mol. The van der Waals surface area contributed by atoms with Crippen LogP contribution >= 0.6 is 0 Å². The van der Waals surface area contributed by atoms with Crippen LogP contribution < -0.4 is 0 Å². The summed E-state index contributed by atoms with van der Waals surface area (Å²) >= 11 is 0. The molecule has 0 saturated heterocycles. The SMILES string of the molecule is CC(C)c1cc(-c2c3ccc(-c4ccc5oc6ccccc6c5c4)cc3c(-c3cc(C(C)C)cc(C(C)C)c3)c3ccc(-c4ccc5oc6ccccc6c5c4)cc23)cc(C(C)C)c1. The van der Waals surface area contributed by atoms with Crippen LogP contribution in [0.2, 0.25) is 0 Å². The highest BCUT2D eigenvalue weighted by Gasteiger charge is 2.22. The summed E-state index contributed by atoms with van der Waals surface area (Å²) in [6, 6.07) is 59.2. The number of benzene rings is 9. The number of hydrogen-bond donors (Lipinski definition) is 0. The molecule has 11 aromatic rings. The van der Waals surface area contributed by atoms with Crippen molar-refractivity contribution in [3.05, 3.63) is 180 Å². The molecule has 0 aliphatic heterocycles. The number of para-hydroxylation sites is 2. The molecule has 0 N–H and O–H groups in total. The fraction of sp³-hybridized carbons (Fsp3) is 0.194. The van der Waals surface area contributed by atoms with Gasteiger partial charge in [-0.25, -0.2) is 0 Å². The Labute approximate surface area is 376 Å². The quantitative estimate of drug-likeness (QED) is 0.143. The largest absolute Gasteiger partial charge is 0.456 e. The molecule has 0 fully saturated rings. The van der Waals surface area contributed by atoms with E-state index >= 15 is 0 Å². The monoisotopic (exact) mass is 830 g/mol. The molecule has 9 aromatic carbocycles. The molecule has 0 radical (unpaired) electrons. The zero-order valence-corrected chi connectivity index (χ0v) is 38.1. The van der Waals surface area contributed by atoms with E-state index in [-0.39, 0.29) is 0 Å². The molecular weight excluding hydrogens is 777 g/mol. The first-order valence-corrected chi connectivity index (χ1v) is 23.2. The Hall–Kier alpha value is -6.90. The third-order valence-corrected chi connectivity index (χ3v) is 13.7. The topological polar surface area (TPSA) is 26.3 Å². The highest BCUT2D eigenvalue weighted by atomic mass is 16.3. The third-order valence-electron chi connectivity index (χ3n) is 13.7. The average Bonchev–Trinajstić information content (AvgIpc) is 3.87. The lowest BCUT2D eigenvalue weighted by Gasteiger charge is -2.23. The van der Waals surface area contributed by atoms with Crippen molar-refractivity contribution in [1.29, 1.82) is 0 Å². The molecule has 0 aliphatic carbocycles. The van der Waals surface area contributed by atoms with Crippen molar-refractivity contribution in [2.24, 2.45) is 0 Å². The molecule has 0 atom stereocenters. The van der Waals surface area contributed by atoms with E-state index in [0.717, 1.165) is 43.9 Å². The normalized spacial score (nSPS) is 12.3. The van der Waals surface area contributed by atoms with E-state index in [0.29, 0.717) is 23.7 Å². The van der Waals surface area contributed by atoms with Crippen LogP contribution in [0.5, 0.6) is 0 Å². The van der Waals surface area contributed by atoms with Gasteiger partial charge in [0.2, 0.25) is 0 Å². The van der Waals surface area contributed by atoms with Gasteiger partial charge in [0.05, 0.1) is 0 Å². The highest BCUT2D eigenvalue weighted by molar-refractivity contribution is 6.23. The Morgan fingerprint density at radius 2 is 0.562 bits per heavy atom. The summed E-state index contributed by atoms with van der Waals surface area (Å²) < 4.78 is 12.6. The lowest BCUT2D eigenvalue weighted by atomic mass is 9.81. The van der Waals surface area contributed by atoms with Gasteiger partial charge in [-0.05, 0) is 161 Å². The molecule has 2 heteroatoms.